The van der Waals surface area contributed by atoms with Gasteiger partial charge in [-0.15, -0.1) is 0 Å². The second-order valence-electron chi connectivity index (χ2n) is 4.42. The molecule has 1 aromatic rings. The molecule has 1 atom stereocenters. The van der Waals surface area contributed by atoms with Crippen LogP contribution < -0.4 is 5.32 Å². The lowest BCUT2D eigenvalue weighted by molar-refractivity contribution is 0.221. The molecule has 0 radical (unpaired) electrons. The van der Waals surface area contributed by atoms with Crippen molar-refractivity contribution in [3.8, 4) is 0 Å². The topological polar surface area (TPSA) is 45.4 Å². The number of nitrogens with one attached hydrogen (secondary N) is 1. The van der Waals surface area contributed by atoms with Gasteiger partial charge in [-0.25, -0.2) is 0 Å². The Balaban J connectivity index is 2.37. The van der Waals surface area contributed by atoms with Gasteiger partial charge in [-0.05, 0) is 30.9 Å². The van der Waals surface area contributed by atoms with Gasteiger partial charge >= 0.3 is 0 Å². The van der Waals surface area contributed by atoms with Gasteiger partial charge in [0.05, 0.1) is 19.4 Å². The average molecular weight is 211 g/mol. The summed E-state index contributed by atoms with van der Waals surface area (Å²) in [5.74, 6) is 1.55. The van der Waals surface area contributed by atoms with E-state index in [0.29, 0.717) is 12.5 Å². The first-order valence-electron chi connectivity index (χ1n) is 5.50. The molecule has 3 heteroatoms. The van der Waals surface area contributed by atoms with Crippen molar-refractivity contribution in [2.45, 2.75) is 39.8 Å². The Morgan fingerprint density at radius 1 is 1.47 bits per heavy atom. The molecule has 0 bridgehead atoms. The maximum atomic E-state index is 9.18. The molecule has 0 fully saturated rings. The summed E-state index contributed by atoms with van der Waals surface area (Å²) in [6.07, 6.45) is 2.68. The maximum Gasteiger partial charge on any atom is 0.120 e. The summed E-state index contributed by atoms with van der Waals surface area (Å²) in [6, 6.07) is 2.11. The molecule has 0 saturated heterocycles. The fraction of sp³-hybridized carbons (Fsp3) is 0.667. The third-order valence-electron chi connectivity index (χ3n) is 2.50. The van der Waals surface area contributed by atoms with Gasteiger partial charge in [0.25, 0.3) is 0 Å². The minimum atomic E-state index is 0.162. The average Bonchev–Trinajstić information content (AvgIpc) is 2.58. The third-order valence-corrected chi connectivity index (χ3v) is 2.50. The van der Waals surface area contributed by atoms with Crippen molar-refractivity contribution < 1.29 is 9.52 Å². The minimum absolute atomic E-state index is 0.162. The number of rotatable bonds is 6. The van der Waals surface area contributed by atoms with E-state index in [1.165, 1.54) is 0 Å². The fourth-order valence-electron chi connectivity index (χ4n) is 1.61. The predicted molar refractivity (Wildman–Crippen MR) is 60.6 cm³/mol. The Hall–Kier alpha value is -0.800. The van der Waals surface area contributed by atoms with E-state index >= 15 is 0 Å². The molecule has 2 N–H and O–H groups in total. The third kappa shape index (κ3) is 4.06. The SMILES string of the molecule is Cc1ccoc1CNC(CO)CC(C)C. The number of hydrogen-bond acceptors (Lipinski definition) is 3. The van der Waals surface area contributed by atoms with Crippen LogP contribution in [0, 0.1) is 12.8 Å². The zero-order chi connectivity index (χ0) is 11.3. The van der Waals surface area contributed by atoms with Gasteiger partial charge in [-0.1, -0.05) is 13.8 Å². The van der Waals surface area contributed by atoms with Gasteiger partial charge < -0.3 is 14.8 Å². The molecule has 0 aliphatic heterocycles. The Labute approximate surface area is 91.5 Å². The normalized spacial score (nSPS) is 13.4. The van der Waals surface area contributed by atoms with Gasteiger partial charge in [0, 0.05) is 6.04 Å². The molecule has 0 aliphatic rings. The molecular weight excluding hydrogens is 190 g/mol. The lowest BCUT2D eigenvalue weighted by Crippen LogP contribution is -2.33. The first kappa shape index (κ1) is 12.3. The largest absolute Gasteiger partial charge is 0.468 e. The monoisotopic (exact) mass is 211 g/mol. The van der Waals surface area contributed by atoms with Crippen molar-refractivity contribution >= 4 is 0 Å². The number of aliphatic hydroxyl groups is 1. The lowest BCUT2D eigenvalue weighted by atomic mass is 10.0. The lowest BCUT2D eigenvalue weighted by Gasteiger charge is -2.17. The van der Waals surface area contributed by atoms with Crippen LogP contribution in [0.15, 0.2) is 16.7 Å². The molecule has 3 nitrogen and oxygen atoms in total. The summed E-state index contributed by atoms with van der Waals surface area (Å²) in [7, 11) is 0. The highest BCUT2D eigenvalue weighted by molar-refractivity contribution is 5.14. The second kappa shape index (κ2) is 5.93. The van der Waals surface area contributed by atoms with E-state index in [1.54, 1.807) is 6.26 Å². The van der Waals surface area contributed by atoms with Crippen LogP contribution in [0.1, 0.15) is 31.6 Å². The summed E-state index contributed by atoms with van der Waals surface area (Å²) >= 11 is 0. The van der Waals surface area contributed by atoms with E-state index in [1.807, 2.05) is 13.0 Å². The molecule has 1 rings (SSSR count). The van der Waals surface area contributed by atoms with E-state index in [9.17, 15) is 5.11 Å². The van der Waals surface area contributed by atoms with E-state index in [-0.39, 0.29) is 12.6 Å². The predicted octanol–water partition coefficient (Wildman–Crippen LogP) is 2.08. The van der Waals surface area contributed by atoms with Crippen LogP contribution in [0.2, 0.25) is 0 Å². The Morgan fingerprint density at radius 3 is 2.67 bits per heavy atom. The van der Waals surface area contributed by atoms with Gasteiger partial charge in [-0.2, -0.15) is 0 Å². The van der Waals surface area contributed by atoms with E-state index < -0.39 is 0 Å². The summed E-state index contributed by atoms with van der Waals surface area (Å²) < 4.78 is 5.32. The molecule has 0 saturated carbocycles. The molecule has 0 aromatic carbocycles. The van der Waals surface area contributed by atoms with Crippen LogP contribution in [0.5, 0.6) is 0 Å². The molecule has 1 heterocycles. The van der Waals surface area contributed by atoms with Crippen molar-refractivity contribution in [1.29, 1.82) is 0 Å². The van der Waals surface area contributed by atoms with Crippen molar-refractivity contribution in [3.05, 3.63) is 23.7 Å². The molecule has 1 unspecified atom stereocenters. The molecule has 1 aromatic heterocycles. The van der Waals surface area contributed by atoms with Crippen LogP contribution in [0.4, 0.5) is 0 Å². The Bertz CT molecular complexity index is 281. The molecular formula is C12H21NO2. The van der Waals surface area contributed by atoms with Crippen molar-refractivity contribution in [2.24, 2.45) is 5.92 Å². The summed E-state index contributed by atoms with van der Waals surface area (Å²) in [6.45, 7) is 7.20. The first-order chi connectivity index (χ1) is 7.13. The zero-order valence-corrected chi connectivity index (χ0v) is 9.79. The summed E-state index contributed by atoms with van der Waals surface area (Å²) in [5.41, 5.74) is 1.16. The first-order valence-corrected chi connectivity index (χ1v) is 5.50. The number of furan rings is 1. The van der Waals surface area contributed by atoms with Crippen molar-refractivity contribution in [2.75, 3.05) is 6.61 Å². The number of aliphatic hydroxyl groups excluding tert-OH is 1. The smallest absolute Gasteiger partial charge is 0.120 e. The van der Waals surface area contributed by atoms with E-state index in [0.717, 1.165) is 17.7 Å². The quantitative estimate of drug-likeness (QED) is 0.757. The Morgan fingerprint density at radius 2 is 2.20 bits per heavy atom. The van der Waals surface area contributed by atoms with Gasteiger partial charge in [0.1, 0.15) is 5.76 Å². The van der Waals surface area contributed by atoms with E-state index in [4.69, 9.17) is 4.42 Å². The van der Waals surface area contributed by atoms with Crippen LogP contribution >= 0.6 is 0 Å². The second-order valence-corrected chi connectivity index (χ2v) is 4.42. The van der Waals surface area contributed by atoms with Crippen LogP contribution in [0.3, 0.4) is 0 Å². The van der Waals surface area contributed by atoms with E-state index in [2.05, 4.69) is 19.2 Å². The summed E-state index contributed by atoms with van der Waals surface area (Å²) in [5, 5.41) is 12.5. The minimum Gasteiger partial charge on any atom is -0.468 e. The standard InChI is InChI=1S/C12H21NO2/c1-9(2)6-11(8-14)13-7-12-10(3)4-5-15-12/h4-5,9,11,13-14H,6-8H2,1-3H3. The van der Waals surface area contributed by atoms with Crippen molar-refractivity contribution in [3.63, 3.8) is 0 Å². The highest BCUT2D eigenvalue weighted by Crippen LogP contribution is 2.10. The maximum absolute atomic E-state index is 9.18. The molecule has 86 valence electrons. The Kier molecular flexibility index (Phi) is 4.85. The van der Waals surface area contributed by atoms with Crippen LogP contribution in [-0.2, 0) is 6.54 Å². The molecule has 0 aliphatic carbocycles. The van der Waals surface area contributed by atoms with Gasteiger partial charge in [0.2, 0.25) is 0 Å². The van der Waals surface area contributed by atoms with Gasteiger partial charge in [-0.3, -0.25) is 0 Å². The fourth-order valence-corrected chi connectivity index (χ4v) is 1.61. The highest BCUT2D eigenvalue weighted by Gasteiger charge is 2.10. The molecule has 0 amide bonds. The van der Waals surface area contributed by atoms with Crippen LogP contribution in [0.25, 0.3) is 0 Å². The number of aryl methyl sites for hydroxylation is 1. The molecule has 15 heavy (non-hydrogen) atoms. The van der Waals surface area contributed by atoms with Gasteiger partial charge in [0.15, 0.2) is 0 Å². The van der Waals surface area contributed by atoms with Crippen molar-refractivity contribution in [1.82, 2.24) is 5.32 Å². The summed E-state index contributed by atoms with van der Waals surface area (Å²) in [4.78, 5) is 0. The zero-order valence-electron chi connectivity index (χ0n) is 9.79. The van der Waals surface area contributed by atoms with Crippen LogP contribution in [-0.4, -0.2) is 17.8 Å². The number of hydrogen-bond donors (Lipinski definition) is 2. The highest BCUT2D eigenvalue weighted by atomic mass is 16.3. The molecule has 0 spiro atoms.